The van der Waals surface area contributed by atoms with E-state index in [4.69, 9.17) is 0 Å². The van der Waals surface area contributed by atoms with Crippen LogP contribution in [0.15, 0.2) is 24.5 Å². The Morgan fingerprint density at radius 3 is 2.95 bits per heavy atom. The summed E-state index contributed by atoms with van der Waals surface area (Å²) in [7, 11) is -1.34. The van der Waals surface area contributed by atoms with Crippen LogP contribution in [0.4, 0.5) is 4.79 Å². The van der Waals surface area contributed by atoms with E-state index in [1.165, 1.54) is 4.90 Å². The van der Waals surface area contributed by atoms with E-state index >= 15 is 0 Å². The molecule has 0 aromatic carbocycles. The molecule has 7 heteroatoms. The number of hydrogen-bond donors (Lipinski definition) is 1. The lowest BCUT2D eigenvalue weighted by atomic mass is 10.2. The van der Waals surface area contributed by atoms with Crippen LogP contribution in [0.5, 0.6) is 0 Å². The highest BCUT2D eigenvalue weighted by Crippen LogP contribution is 2.16. The quantitative estimate of drug-likeness (QED) is 0.871. The third-order valence-corrected chi connectivity index (χ3v) is 4.99. The lowest BCUT2D eigenvalue weighted by molar-refractivity contribution is 0.194. The number of rotatable bonds is 3. The number of carbonyl (C=O) groups excluding carboxylic acids is 1. The summed E-state index contributed by atoms with van der Waals surface area (Å²) >= 11 is 0. The van der Waals surface area contributed by atoms with Crippen LogP contribution in [0.2, 0.25) is 0 Å². The number of sulfone groups is 1. The second kappa shape index (κ2) is 5.56. The van der Waals surface area contributed by atoms with Crippen molar-refractivity contribution in [3.63, 3.8) is 0 Å². The van der Waals surface area contributed by atoms with Gasteiger partial charge in [0.1, 0.15) is 0 Å². The second-order valence-electron chi connectivity index (χ2n) is 4.69. The van der Waals surface area contributed by atoms with Gasteiger partial charge in [0, 0.05) is 32.0 Å². The molecule has 1 atom stereocenters. The van der Waals surface area contributed by atoms with Crippen molar-refractivity contribution in [1.29, 1.82) is 0 Å². The van der Waals surface area contributed by atoms with Crippen LogP contribution < -0.4 is 5.32 Å². The van der Waals surface area contributed by atoms with Gasteiger partial charge in [-0.2, -0.15) is 0 Å². The van der Waals surface area contributed by atoms with E-state index < -0.39 is 9.84 Å². The Balaban J connectivity index is 1.87. The average Bonchev–Trinajstić information content (AvgIpc) is 2.76. The van der Waals surface area contributed by atoms with Crippen molar-refractivity contribution in [3.8, 4) is 0 Å². The molecule has 1 aromatic heterocycles. The van der Waals surface area contributed by atoms with Gasteiger partial charge in [0.25, 0.3) is 0 Å². The van der Waals surface area contributed by atoms with Crippen molar-refractivity contribution >= 4 is 15.9 Å². The SMILES string of the molecule is CN(C(=O)NCc1cccnc1)C1CCS(=O)(=O)C1. The first-order chi connectivity index (χ1) is 8.98. The molecule has 0 bridgehead atoms. The summed E-state index contributed by atoms with van der Waals surface area (Å²) < 4.78 is 22.8. The molecule has 1 unspecified atom stereocenters. The van der Waals surface area contributed by atoms with E-state index in [0.29, 0.717) is 13.0 Å². The molecular weight excluding hydrogens is 266 g/mol. The molecule has 0 saturated carbocycles. The van der Waals surface area contributed by atoms with Crippen LogP contribution in [-0.4, -0.2) is 48.9 Å². The zero-order chi connectivity index (χ0) is 13.9. The van der Waals surface area contributed by atoms with Crippen molar-refractivity contribution in [1.82, 2.24) is 15.2 Å². The minimum Gasteiger partial charge on any atom is -0.334 e. The summed E-state index contributed by atoms with van der Waals surface area (Å²) in [6, 6.07) is 3.19. The van der Waals surface area contributed by atoms with Crippen molar-refractivity contribution < 1.29 is 13.2 Å². The molecule has 6 nitrogen and oxygen atoms in total. The van der Waals surface area contributed by atoms with Gasteiger partial charge in [-0.1, -0.05) is 6.07 Å². The predicted molar refractivity (Wildman–Crippen MR) is 71.3 cm³/mol. The number of urea groups is 1. The third kappa shape index (κ3) is 3.66. The number of nitrogens with one attached hydrogen (secondary N) is 1. The smallest absolute Gasteiger partial charge is 0.317 e. The van der Waals surface area contributed by atoms with E-state index in [-0.39, 0.29) is 23.6 Å². The Hall–Kier alpha value is -1.63. The molecule has 2 amide bonds. The first kappa shape index (κ1) is 13.8. The van der Waals surface area contributed by atoms with Crippen LogP contribution in [0.3, 0.4) is 0 Å². The van der Waals surface area contributed by atoms with E-state index in [1.807, 2.05) is 6.07 Å². The van der Waals surface area contributed by atoms with Crippen LogP contribution >= 0.6 is 0 Å². The molecule has 1 aliphatic rings. The fourth-order valence-electron chi connectivity index (χ4n) is 2.05. The third-order valence-electron chi connectivity index (χ3n) is 3.24. The van der Waals surface area contributed by atoms with Crippen molar-refractivity contribution in [2.24, 2.45) is 0 Å². The molecule has 1 saturated heterocycles. The first-order valence-corrected chi connectivity index (χ1v) is 7.90. The highest BCUT2D eigenvalue weighted by Gasteiger charge is 2.32. The summed E-state index contributed by atoms with van der Waals surface area (Å²) in [5, 5.41) is 2.76. The van der Waals surface area contributed by atoms with Gasteiger partial charge in [0.05, 0.1) is 11.5 Å². The molecule has 1 aromatic rings. The normalized spacial score (nSPS) is 21.0. The maximum absolute atomic E-state index is 11.9. The Morgan fingerprint density at radius 2 is 2.37 bits per heavy atom. The fraction of sp³-hybridized carbons (Fsp3) is 0.500. The topological polar surface area (TPSA) is 79.4 Å². The first-order valence-electron chi connectivity index (χ1n) is 6.08. The van der Waals surface area contributed by atoms with Crippen LogP contribution in [0, 0.1) is 0 Å². The minimum absolute atomic E-state index is 0.0593. The van der Waals surface area contributed by atoms with Crippen LogP contribution in [0.1, 0.15) is 12.0 Å². The highest BCUT2D eigenvalue weighted by molar-refractivity contribution is 7.91. The number of pyridine rings is 1. The zero-order valence-corrected chi connectivity index (χ0v) is 11.6. The lowest BCUT2D eigenvalue weighted by Gasteiger charge is -2.23. The van der Waals surface area contributed by atoms with Gasteiger partial charge in [-0.3, -0.25) is 4.98 Å². The van der Waals surface area contributed by atoms with Crippen LogP contribution in [0.25, 0.3) is 0 Å². The van der Waals surface area contributed by atoms with Gasteiger partial charge in [0.2, 0.25) is 0 Å². The summed E-state index contributed by atoms with van der Waals surface area (Å²) in [4.78, 5) is 17.3. The zero-order valence-electron chi connectivity index (χ0n) is 10.7. The van der Waals surface area contributed by atoms with E-state index in [1.54, 1.807) is 25.5 Å². The molecular formula is C12H17N3O3S. The molecule has 104 valence electrons. The second-order valence-corrected chi connectivity index (χ2v) is 6.92. The molecule has 2 rings (SSSR count). The molecule has 1 fully saturated rings. The van der Waals surface area contributed by atoms with Gasteiger partial charge < -0.3 is 10.2 Å². The Morgan fingerprint density at radius 1 is 1.58 bits per heavy atom. The molecule has 0 aliphatic carbocycles. The molecule has 2 heterocycles. The van der Waals surface area contributed by atoms with E-state index in [2.05, 4.69) is 10.3 Å². The van der Waals surface area contributed by atoms with Gasteiger partial charge in [-0.25, -0.2) is 13.2 Å². The van der Waals surface area contributed by atoms with Crippen molar-refractivity contribution in [3.05, 3.63) is 30.1 Å². The Bertz CT molecular complexity index is 545. The summed E-state index contributed by atoms with van der Waals surface area (Å²) in [6.45, 7) is 0.385. The lowest BCUT2D eigenvalue weighted by Crippen LogP contribution is -2.43. The maximum Gasteiger partial charge on any atom is 0.317 e. The standard InChI is InChI=1S/C12H17N3O3S/c1-15(11-4-6-19(17,18)9-11)12(16)14-8-10-3-2-5-13-7-10/h2-3,5,7,11H,4,6,8-9H2,1H3,(H,14,16). The van der Waals surface area contributed by atoms with Gasteiger partial charge in [0.15, 0.2) is 9.84 Å². The van der Waals surface area contributed by atoms with Crippen molar-refractivity contribution in [2.45, 2.75) is 19.0 Å². The van der Waals surface area contributed by atoms with Crippen molar-refractivity contribution in [2.75, 3.05) is 18.6 Å². The maximum atomic E-state index is 11.9. The number of hydrogen-bond acceptors (Lipinski definition) is 4. The minimum atomic E-state index is -2.97. The van der Waals surface area contributed by atoms with E-state index in [9.17, 15) is 13.2 Å². The summed E-state index contributed by atoms with van der Waals surface area (Å²) in [5.41, 5.74) is 0.906. The molecule has 19 heavy (non-hydrogen) atoms. The van der Waals surface area contributed by atoms with Gasteiger partial charge >= 0.3 is 6.03 Å². The average molecular weight is 283 g/mol. The number of carbonyl (C=O) groups is 1. The van der Waals surface area contributed by atoms with E-state index in [0.717, 1.165) is 5.56 Å². The van der Waals surface area contributed by atoms with Gasteiger partial charge in [-0.05, 0) is 18.1 Å². The van der Waals surface area contributed by atoms with Gasteiger partial charge in [-0.15, -0.1) is 0 Å². The number of aromatic nitrogens is 1. The Labute approximate surface area is 112 Å². The summed E-state index contributed by atoms with van der Waals surface area (Å²) in [5.74, 6) is 0.224. The number of nitrogens with zero attached hydrogens (tertiary/aromatic N) is 2. The fourth-order valence-corrected chi connectivity index (χ4v) is 3.83. The molecule has 1 aliphatic heterocycles. The molecule has 0 radical (unpaired) electrons. The Kier molecular flexibility index (Phi) is 4.04. The number of amides is 2. The molecule has 0 spiro atoms. The predicted octanol–water partition coefficient (Wildman–Crippen LogP) is 0.410. The molecule has 1 N–H and O–H groups in total. The largest absolute Gasteiger partial charge is 0.334 e. The summed E-state index contributed by atoms with van der Waals surface area (Å²) in [6.07, 6.45) is 3.86. The van der Waals surface area contributed by atoms with Crippen LogP contribution in [-0.2, 0) is 16.4 Å². The monoisotopic (exact) mass is 283 g/mol. The highest BCUT2D eigenvalue weighted by atomic mass is 32.2.